The van der Waals surface area contributed by atoms with Crippen molar-refractivity contribution in [2.45, 2.75) is 9.79 Å². The first-order chi connectivity index (χ1) is 13.7. The maximum absolute atomic E-state index is 12.6. The monoisotopic (exact) mass is 447 g/mol. The molecule has 2 N–H and O–H groups in total. The van der Waals surface area contributed by atoms with E-state index >= 15 is 0 Å². The number of hydrogen-bond acceptors (Lipinski definition) is 5. The minimum absolute atomic E-state index is 0.0614. The highest BCUT2D eigenvalue weighted by Crippen LogP contribution is 2.23. The number of sulfonamides is 2. The minimum atomic E-state index is -4.00. The molecule has 0 fully saturated rings. The molecule has 0 atom stereocenters. The summed E-state index contributed by atoms with van der Waals surface area (Å²) in [6.45, 7) is 0. The number of benzene rings is 3. The van der Waals surface area contributed by atoms with Crippen LogP contribution in [0.3, 0.4) is 0 Å². The lowest BCUT2D eigenvalue weighted by molar-refractivity contribution is 0.598. The third-order valence-corrected chi connectivity index (χ3v) is 6.78. The zero-order valence-corrected chi connectivity index (χ0v) is 17.1. The highest BCUT2D eigenvalue weighted by atomic mass is 35.5. The molecule has 148 valence electrons. The van der Waals surface area contributed by atoms with Crippen LogP contribution in [0.25, 0.3) is 0 Å². The smallest absolute Gasteiger partial charge is 0.261 e. The number of rotatable bonds is 6. The Hall–Kier alpha value is -3.06. The molecule has 10 heteroatoms. The predicted octanol–water partition coefficient (Wildman–Crippen LogP) is 3.81. The zero-order valence-electron chi connectivity index (χ0n) is 14.7. The Morgan fingerprint density at radius 3 is 1.90 bits per heavy atom. The second kappa shape index (κ2) is 8.13. The summed E-state index contributed by atoms with van der Waals surface area (Å²) in [4.78, 5) is -0.234. The van der Waals surface area contributed by atoms with Gasteiger partial charge in [-0.3, -0.25) is 9.44 Å². The van der Waals surface area contributed by atoms with E-state index < -0.39 is 20.0 Å². The summed E-state index contributed by atoms with van der Waals surface area (Å²) in [6.07, 6.45) is 0. The average Bonchev–Trinajstić information content (AvgIpc) is 2.69. The number of nitriles is 1. The van der Waals surface area contributed by atoms with Crippen molar-refractivity contribution in [3.8, 4) is 6.07 Å². The van der Waals surface area contributed by atoms with E-state index in [-0.39, 0.29) is 21.0 Å². The molecule has 0 bridgehead atoms. The van der Waals surface area contributed by atoms with Crippen LogP contribution < -0.4 is 9.44 Å². The molecule has 0 amide bonds. The molecule has 3 aromatic carbocycles. The molecule has 29 heavy (non-hydrogen) atoms. The first kappa shape index (κ1) is 20.7. The fourth-order valence-electron chi connectivity index (χ4n) is 2.41. The Bertz CT molecular complexity index is 1300. The van der Waals surface area contributed by atoms with E-state index in [2.05, 4.69) is 9.44 Å². The van der Waals surface area contributed by atoms with Crippen LogP contribution in [0.2, 0.25) is 5.02 Å². The summed E-state index contributed by atoms with van der Waals surface area (Å²) in [7, 11) is -7.95. The standard InChI is InChI=1S/C19H14ClN3O4S2/c20-15-7-9-16(10-8-15)22-29(26,27)19-6-2-4-17(12-19)23-28(24,25)18-5-1-3-14(11-18)13-21/h1-12,22-23H. The molecule has 0 saturated carbocycles. The number of halogens is 1. The molecular weight excluding hydrogens is 434 g/mol. The molecule has 0 aliphatic carbocycles. The van der Waals surface area contributed by atoms with Gasteiger partial charge in [-0.1, -0.05) is 23.7 Å². The highest BCUT2D eigenvalue weighted by Gasteiger charge is 2.18. The van der Waals surface area contributed by atoms with Crippen LogP contribution >= 0.6 is 11.6 Å². The molecule has 0 aliphatic heterocycles. The van der Waals surface area contributed by atoms with Gasteiger partial charge >= 0.3 is 0 Å². The first-order valence-electron chi connectivity index (χ1n) is 8.11. The summed E-state index contributed by atoms with van der Waals surface area (Å²) < 4.78 is 55.0. The van der Waals surface area contributed by atoms with Gasteiger partial charge in [0.1, 0.15) is 0 Å². The van der Waals surface area contributed by atoms with Crippen molar-refractivity contribution in [1.82, 2.24) is 0 Å². The summed E-state index contributed by atoms with van der Waals surface area (Å²) in [5.41, 5.74) is 0.566. The van der Waals surface area contributed by atoms with Gasteiger partial charge < -0.3 is 0 Å². The fraction of sp³-hybridized carbons (Fsp3) is 0. The van der Waals surface area contributed by atoms with Crippen molar-refractivity contribution in [3.63, 3.8) is 0 Å². The van der Waals surface area contributed by atoms with Crippen LogP contribution in [0.1, 0.15) is 5.56 Å². The quantitative estimate of drug-likeness (QED) is 0.595. The van der Waals surface area contributed by atoms with E-state index in [1.54, 1.807) is 12.1 Å². The maximum Gasteiger partial charge on any atom is 0.261 e. The van der Waals surface area contributed by atoms with Crippen LogP contribution in [-0.2, 0) is 20.0 Å². The van der Waals surface area contributed by atoms with Crippen LogP contribution in [0, 0.1) is 11.3 Å². The third kappa shape index (κ3) is 5.06. The molecular formula is C19H14ClN3O4S2. The first-order valence-corrected chi connectivity index (χ1v) is 11.5. The number of anilines is 2. The molecule has 7 nitrogen and oxygen atoms in total. The van der Waals surface area contributed by atoms with Crippen molar-refractivity contribution >= 4 is 43.0 Å². The van der Waals surface area contributed by atoms with Crippen LogP contribution in [0.5, 0.6) is 0 Å². The molecule has 0 aromatic heterocycles. The largest absolute Gasteiger partial charge is 0.280 e. The number of hydrogen-bond donors (Lipinski definition) is 2. The molecule has 0 radical (unpaired) electrons. The van der Waals surface area contributed by atoms with Gasteiger partial charge in [0, 0.05) is 10.7 Å². The Kier molecular flexibility index (Phi) is 5.79. The average molecular weight is 448 g/mol. The normalized spacial score (nSPS) is 11.4. The molecule has 0 saturated heterocycles. The van der Waals surface area contributed by atoms with Gasteiger partial charge in [0.25, 0.3) is 20.0 Å². The second-order valence-electron chi connectivity index (χ2n) is 5.89. The molecule has 3 aromatic rings. The van der Waals surface area contributed by atoms with Crippen molar-refractivity contribution in [3.05, 3.63) is 83.4 Å². The fourth-order valence-corrected chi connectivity index (χ4v) is 4.73. The minimum Gasteiger partial charge on any atom is -0.280 e. The van der Waals surface area contributed by atoms with Gasteiger partial charge in [-0.25, -0.2) is 16.8 Å². The molecule has 3 rings (SSSR count). The summed E-state index contributed by atoms with van der Waals surface area (Å²) in [6, 6.07) is 18.8. The highest BCUT2D eigenvalue weighted by molar-refractivity contribution is 7.93. The van der Waals surface area contributed by atoms with E-state index in [0.29, 0.717) is 10.7 Å². The maximum atomic E-state index is 12.6. The lowest BCUT2D eigenvalue weighted by atomic mass is 10.2. The molecule has 0 aliphatic rings. The topological polar surface area (TPSA) is 116 Å². The Morgan fingerprint density at radius 1 is 0.724 bits per heavy atom. The lowest BCUT2D eigenvalue weighted by Crippen LogP contribution is -2.15. The van der Waals surface area contributed by atoms with Gasteiger partial charge in [0.15, 0.2) is 0 Å². The number of nitrogens with zero attached hydrogens (tertiary/aromatic N) is 1. The SMILES string of the molecule is N#Cc1cccc(S(=O)(=O)Nc2cccc(S(=O)(=O)Nc3ccc(Cl)cc3)c2)c1. The summed E-state index contributed by atoms with van der Waals surface area (Å²) in [5.74, 6) is 0. The molecule has 0 heterocycles. The Balaban J connectivity index is 1.87. The van der Waals surface area contributed by atoms with Gasteiger partial charge in [-0.05, 0) is 60.7 Å². The van der Waals surface area contributed by atoms with Gasteiger partial charge in [0.05, 0.1) is 27.1 Å². The summed E-state index contributed by atoms with van der Waals surface area (Å²) >= 11 is 5.79. The Morgan fingerprint density at radius 2 is 1.28 bits per heavy atom. The van der Waals surface area contributed by atoms with E-state index in [4.69, 9.17) is 16.9 Å². The van der Waals surface area contributed by atoms with Gasteiger partial charge in [0.2, 0.25) is 0 Å². The third-order valence-electron chi connectivity index (χ3n) is 3.77. The van der Waals surface area contributed by atoms with Crippen LogP contribution in [-0.4, -0.2) is 16.8 Å². The van der Waals surface area contributed by atoms with Crippen LogP contribution in [0.4, 0.5) is 11.4 Å². The lowest BCUT2D eigenvalue weighted by Gasteiger charge is -2.11. The van der Waals surface area contributed by atoms with Crippen molar-refractivity contribution in [2.24, 2.45) is 0 Å². The van der Waals surface area contributed by atoms with Gasteiger partial charge in [-0.2, -0.15) is 5.26 Å². The van der Waals surface area contributed by atoms with Crippen molar-refractivity contribution in [1.29, 1.82) is 5.26 Å². The predicted molar refractivity (Wildman–Crippen MR) is 111 cm³/mol. The zero-order chi connectivity index (χ0) is 21.1. The van der Waals surface area contributed by atoms with E-state index in [1.165, 1.54) is 60.7 Å². The van der Waals surface area contributed by atoms with Crippen LogP contribution in [0.15, 0.2) is 82.6 Å². The number of nitrogens with one attached hydrogen (secondary N) is 2. The molecule has 0 spiro atoms. The molecule has 0 unspecified atom stereocenters. The van der Waals surface area contributed by atoms with Gasteiger partial charge in [-0.15, -0.1) is 0 Å². The second-order valence-corrected chi connectivity index (χ2v) is 9.69. The Labute approximate surface area is 173 Å². The van der Waals surface area contributed by atoms with E-state index in [9.17, 15) is 16.8 Å². The van der Waals surface area contributed by atoms with Crippen molar-refractivity contribution < 1.29 is 16.8 Å². The van der Waals surface area contributed by atoms with Crippen molar-refractivity contribution in [2.75, 3.05) is 9.44 Å². The van der Waals surface area contributed by atoms with E-state index in [0.717, 1.165) is 0 Å². The summed E-state index contributed by atoms with van der Waals surface area (Å²) in [5, 5.41) is 9.40. The van der Waals surface area contributed by atoms with E-state index in [1.807, 2.05) is 6.07 Å².